The fourth-order valence-corrected chi connectivity index (χ4v) is 3.45. The zero-order valence-corrected chi connectivity index (χ0v) is 14.4. The molecule has 3 nitrogen and oxygen atoms in total. The van der Waals surface area contributed by atoms with Crippen LogP contribution in [0.25, 0.3) is 22.5 Å². The van der Waals surface area contributed by atoms with Crippen molar-refractivity contribution in [3.63, 3.8) is 0 Å². The molecular weight excluding hydrogens is 326 g/mol. The van der Waals surface area contributed by atoms with Crippen LogP contribution in [0.1, 0.15) is 5.69 Å². The predicted molar refractivity (Wildman–Crippen MR) is 103 cm³/mol. The molecule has 0 fully saturated rings. The zero-order chi connectivity index (χ0) is 16.9. The van der Waals surface area contributed by atoms with E-state index in [1.807, 2.05) is 60.8 Å². The number of aromatic amines is 1. The minimum atomic E-state index is 0.789. The van der Waals surface area contributed by atoms with E-state index < -0.39 is 0 Å². The van der Waals surface area contributed by atoms with Crippen molar-refractivity contribution in [2.45, 2.75) is 10.9 Å². The quantitative estimate of drug-likeness (QED) is 0.491. The third-order valence-electron chi connectivity index (χ3n) is 3.87. The van der Waals surface area contributed by atoms with Crippen LogP contribution in [0.4, 0.5) is 0 Å². The summed E-state index contributed by atoms with van der Waals surface area (Å²) in [6, 6.07) is 26.6. The molecule has 2 aromatic heterocycles. The van der Waals surface area contributed by atoms with Crippen molar-refractivity contribution in [2.75, 3.05) is 0 Å². The van der Waals surface area contributed by atoms with E-state index in [0.717, 1.165) is 39.1 Å². The number of hydrogen-bond donors (Lipinski definition) is 1. The molecule has 0 aliphatic rings. The van der Waals surface area contributed by atoms with Crippen molar-refractivity contribution in [2.24, 2.45) is 0 Å². The molecule has 0 saturated heterocycles. The number of nitrogens with one attached hydrogen (secondary N) is 1. The van der Waals surface area contributed by atoms with Gasteiger partial charge >= 0.3 is 0 Å². The maximum absolute atomic E-state index is 4.85. The Hall–Kier alpha value is -2.85. The van der Waals surface area contributed by atoms with Gasteiger partial charge in [0.25, 0.3) is 0 Å². The first-order valence-electron chi connectivity index (χ1n) is 8.14. The highest BCUT2D eigenvalue weighted by Crippen LogP contribution is 2.33. The number of imidazole rings is 1. The first kappa shape index (κ1) is 15.7. The smallest absolute Gasteiger partial charge is 0.166 e. The lowest BCUT2D eigenvalue weighted by Crippen LogP contribution is -1.85. The lowest BCUT2D eigenvalue weighted by molar-refractivity contribution is 1.05. The number of pyridine rings is 1. The van der Waals surface area contributed by atoms with E-state index >= 15 is 0 Å². The maximum atomic E-state index is 4.85. The van der Waals surface area contributed by atoms with E-state index in [1.165, 1.54) is 0 Å². The van der Waals surface area contributed by atoms with Crippen LogP contribution in [0.2, 0.25) is 0 Å². The summed E-state index contributed by atoms with van der Waals surface area (Å²) in [5.74, 6) is 0.789. The average molecular weight is 343 g/mol. The highest BCUT2D eigenvalue weighted by atomic mass is 32.2. The van der Waals surface area contributed by atoms with Gasteiger partial charge in [-0.05, 0) is 12.1 Å². The van der Waals surface area contributed by atoms with Gasteiger partial charge in [0.1, 0.15) is 0 Å². The average Bonchev–Trinajstić information content (AvgIpc) is 3.13. The summed E-state index contributed by atoms with van der Waals surface area (Å²) in [6.45, 7) is 0. The summed E-state index contributed by atoms with van der Waals surface area (Å²) in [7, 11) is 0. The van der Waals surface area contributed by atoms with Gasteiger partial charge in [0, 0.05) is 23.1 Å². The Bertz CT molecular complexity index is 878. The van der Waals surface area contributed by atoms with E-state index in [4.69, 9.17) is 4.98 Å². The Balaban J connectivity index is 1.68. The topological polar surface area (TPSA) is 41.6 Å². The summed E-state index contributed by atoms with van der Waals surface area (Å²) < 4.78 is 0. The van der Waals surface area contributed by atoms with Crippen molar-refractivity contribution in [3.05, 3.63) is 90.8 Å². The van der Waals surface area contributed by atoms with Gasteiger partial charge < -0.3 is 4.98 Å². The summed E-state index contributed by atoms with van der Waals surface area (Å²) in [4.78, 5) is 12.7. The third kappa shape index (κ3) is 3.64. The fraction of sp³-hybridized carbons (Fsp3) is 0.0476. The number of aromatic nitrogens is 3. The molecule has 0 aliphatic heterocycles. The number of hydrogen-bond acceptors (Lipinski definition) is 3. The zero-order valence-electron chi connectivity index (χ0n) is 13.6. The van der Waals surface area contributed by atoms with E-state index in [-0.39, 0.29) is 0 Å². The third-order valence-corrected chi connectivity index (χ3v) is 4.78. The minimum Gasteiger partial charge on any atom is -0.332 e. The molecule has 0 atom stereocenters. The van der Waals surface area contributed by atoms with E-state index in [9.17, 15) is 0 Å². The number of rotatable bonds is 5. The molecule has 2 heterocycles. The molecule has 0 amide bonds. The number of benzene rings is 2. The van der Waals surface area contributed by atoms with Crippen LogP contribution >= 0.6 is 11.8 Å². The highest BCUT2D eigenvalue weighted by Gasteiger charge is 2.14. The number of nitrogens with zero attached hydrogens (tertiary/aromatic N) is 2. The van der Waals surface area contributed by atoms with Crippen LogP contribution in [-0.4, -0.2) is 15.0 Å². The standard InChI is InChI=1S/C21H17N3S/c1-3-9-16(10-4-1)19-20(17-11-5-2-6-12-17)24-21(23-19)25-15-18-13-7-8-14-22-18/h1-14H,15H2,(H,23,24). The minimum absolute atomic E-state index is 0.789. The molecule has 2 aromatic carbocycles. The van der Waals surface area contributed by atoms with Crippen molar-refractivity contribution in [1.82, 2.24) is 15.0 Å². The molecule has 1 N–H and O–H groups in total. The van der Waals surface area contributed by atoms with Crippen LogP contribution in [-0.2, 0) is 5.75 Å². The molecule has 0 unspecified atom stereocenters. The van der Waals surface area contributed by atoms with Crippen LogP contribution in [0, 0.1) is 0 Å². The normalized spacial score (nSPS) is 10.7. The second-order valence-electron chi connectivity index (χ2n) is 5.61. The molecule has 4 aromatic rings. The van der Waals surface area contributed by atoms with Gasteiger partial charge in [0.2, 0.25) is 0 Å². The SMILES string of the molecule is c1ccc(-c2nc(SCc3ccccn3)[nH]c2-c2ccccc2)cc1. The highest BCUT2D eigenvalue weighted by molar-refractivity contribution is 7.98. The summed E-state index contributed by atoms with van der Waals surface area (Å²) in [5.41, 5.74) is 5.33. The lowest BCUT2D eigenvalue weighted by atomic mass is 10.1. The lowest BCUT2D eigenvalue weighted by Gasteiger charge is -2.02. The summed E-state index contributed by atoms with van der Waals surface area (Å²) in [5, 5.41) is 0.906. The van der Waals surface area contributed by atoms with Crippen LogP contribution in [0.3, 0.4) is 0 Å². The van der Waals surface area contributed by atoms with E-state index in [2.05, 4.69) is 34.2 Å². The largest absolute Gasteiger partial charge is 0.332 e. The van der Waals surface area contributed by atoms with Crippen molar-refractivity contribution in [3.8, 4) is 22.5 Å². The second kappa shape index (κ2) is 7.36. The first-order valence-corrected chi connectivity index (χ1v) is 9.12. The van der Waals surface area contributed by atoms with Gasteiger partial charge in [-0.25, -0.2) is 4.98 Å². The van der Waals surface area contributed by atoms with Gasteiger partial charge in [0.05, 0.1) is 17.1 Å². The first-order chi connectivity index (χ1) is 12.4. The summed E-state index contributed by atoms with van der Waals surface area (Å²) in [6.07, 6.45) is 1.82. The molecule has 0 aliphatic carbocycles. The number of H-pyrrole nitrogens is 1. The Labute approximate surface area is 151 Å². The molecule has 0 radical (unpaired) electrons. The molecule has 25 heavy (non-hydrogen) atoms. The Morgan fingerprint density at radius 2 is 1.44 bits per heavy atom. The fourth-order valence-electron chi connectivity index (χ4n) is 2.66. The van der Waals surface area contributed by atoms with Crippen LogP contribution in [0.5, 0.6) is 0 Å². The maximum Gasteiger partial charge on any atom is 0.166 e. The molecule has 122 valence electrons. The second-order valence-corrected chi connectivity index (χ2v) is 6.57. The van der Waals surface area contributed by atoms with Gasteiger partial charge in [-0.2, -0.15) is 0 Å². The Morgan fingerprint density at radius 1 is 0.760 bits per heavy atom. The molecule has 0 saturated carbocycles. The molecule has 0 spiro atoms. The van der Waals surface area contributed by atoms with Crippen molar-refractivity contribution < 1.29 is 0 Å². The Kier molecular flexibility index (Phi) is 4.61. The van der Waals surface area contributed by atoms with Gasteiger partial charge in [0.15, 0.2) is 5.16 Å². The van der Waals surface area contributed by atoms with Crippen LogP contribution < -0.4 is 0 Å². The van der Waals surface area contributed by atoms with Crippen molar-refractivity contribution >= 4 is 11.8 Å². The molecule has 4 rings (SSSR count). The predicted octanol–water partition coefficient (Wildman–Crippen LogP) is 5.43. The van der Waals surface area contributed by atoms with E-state index in [1.54, 1.807) is 11.8 Å². The van der Waals surface area contributed by atoms with E-state index in [0.29, 0.717) is 0 Å². The van der Waals surface area contributed by atoms with Crippen molar-refractivity contribution in [1.29, 1.82) is 0 Å². The molecule has 4 heteroatoms. The van der Waals surface area contributed by atoms with Gasteiger partial charge in [-0.15, -0.1) is 0 Å². The Morgan fingerprint density at radius 3 is 2.12 bits per heavy atom. The van der Waals surface area contributed by atoms with Gasteiger partial charge in [-0.1, -0.05) is 78.5 Å². The summed E-state index contributed by atoms with van der Waals surface area (Å²) >= 11 is 1.67. The molecular formula is C21H17N3S. The van der Waals surface area contributed by atoms with Crippen LogP contribution in [0.15, 0.2) is 90.2 Å². The monoisotopic (exact) mass is 343 g/mol. The van der Waals surface area contributed by atoms with Gasteiger partial charge in [-0.3, -0.25) is 4.98 Å². The number of thioether (sulfide) groups is 1. The molecule has 0 bridgehead atoms.